The Labute approximate surface area is 215 Å². The number of rotatable bonds is 8. The molecule has 37 heavy (non-hydrogen) atoms. The Hall–Kier alpha value is -4.65. The van der Waals surface area contributed by atoms with Gasteiger partial charge in [0.25, 0.3) is 5.91 Å². The van der Waals surface area contributed by atoms with Crippen molar-refractivity contribution in [3.63, 3.8) is 0 Å². The highest BCUT2D eigenvalue weighted by molar-refractivity contribution is 6.06. The topological polar surface area (TPSA) is 89.3 Å². The number of fused-ring (bicyclic) bond motifs is 1. The molecule has 7 nitrogen and oxygen atoms in total. The molecule has 0 aliphatic heterocycles. The molecule has 3 aromatic carbocycles. The molecule has 5 rings (SSSR count). The fraction of sp³-hybridized carbons (Fsp3) is 0.167. The van der Waals surface area contributed by atoms with E-state index < -0.39 is 0 Å². The lowest BCUT2D eigenvalue weighted by molar-refractivity contribution is 0.102. The summed E-state index contributed by atoms with van der Waals surface area (Å²) in [6, 6.07) is 24.7. The summed E-state index contributed by atoms with van der Waals surface area (Å²) in [4.78, 5) is 21.6. The zero-order chi connectivity index (χ0) is 25.8. The van der Waals surface area contributed by atoms with Crippen molar-refractivity contribution in [1.29, 1.82) is 0 Å². The van der Waals surface area contributed by atoms with Crippen LogP contribution in [-0.2, 0) is 0 Å². The summed E-state index contributed by atoms with van der Waals surface area (Å²) in [7, 11) is 1.59. The van der Waals surface area contributed by atoms with Crippen LogP contribution in [0.3, 0.4) is 0 Å². The summed E-state index contributed by atoms with van der Waals surface area (Å²) in [5.74, 6) is 2.41. The number of hydrogen-bond donors (Lipinski definition) is 2. The van der Waals surface area contributed by atoms with Gasteiger partial charge in [-0.25, -0.2) is 9.97 Å². The summed E-state index contributed by atoms with van der Waals surface area (Å²) in [6.45, 7) is 5.09. The van der Waals surface area contributed by atoms with Gasteiger partial charge in [-0.1, -0.05) is 44.2 Å². The van der Waals surface area contributed by atoms with Crippen LogP contribution in [0.1, 0.15) is 24.2 Å². The van der Waals surface area contributed by atoms with Crippen LogP contribution in [0.2, 0.25) is 0 Å². The maximum Gasteiger partial charge on any atom is 0.255 e. The van der Waals surface area contributed by atoms with Gasteiger partial charge in [-0.15, -0.1) is 0 Å². The predicted octanol–water partition coefficient (Wildman–Crippen LogP) is 6.89. The van der Waals surface area contributed by atoms with E-state index in [2.05, 4.69) is 46.6 Å². The molecule has 0 aliphatic rings. The molecule has 0 atom stereocenters. The van der Waals surface area contributed by atoms with E-state index in [0.29, 0.717) is 34.4 Å². The maximum atomic E-state index is 12.7. The number of carbonyl (C=O) groups is 1. The molecule has 5 aromatic rings. The van der Waals surface area contributed by atoms with Crippen molar-refractivity contribution in [3.05, 3.63) is 90.8 Å². The van der Waals surface area contributed by atoms with Crippen LogP contribution in [-0.4, -0.2) is 29.5 Å². The number of anilines is 2. The third kappa shape index (κ3) is 5.16. The van der Waals surface area contributed by atoms with Gasteiger partial charge in [-0.3, -0.25) is 4.79 Å². The Morgan fingerprint density at radius 3 is 2.32 bits per heavy atom. The average Bonchev–Trinajstić information content (AvgIpc) is 3.33. The van der Waals surface area contributed by atoms with Gasteiger partial charge in [0.1, 0.15) is 23.7 Å². The number of methoxy groups -OCH3 is 1. The van der Waals surface area contributed by atoms with Crippen molar-refractivity contribution < 1.29 is 13.9 Å². The summed E-state index contributed by atoms with van der Waals surface area (Å²) in [6.07, 6.45) is 1.52. The number of benzene rings is 3. The SMILES string of the molecule is COc1ccc(C(=O)Nc2ccc(-c3oc4ncnc(NCC(C)C)c4c3-c3ccccc3)cc2)cc1. The molecule has 0 saturated carbocycles. The highest BCUT2D eigenvalue weighted by Gasteiger charge is 2.22. The smallest absolute Gasteiger partial charge is 0.255 e. The van der Waals surface area contributed by atoms with Gasteiger partial charge >= 0.3 is 0 Å². The Morgan fingerprint density at radius 2 is 1.65 bits per heavy atom. The standard InChI is InChI=1S/C30H28N4O3/c1-19(2)17-31-28-26-25(20-7-5-4-6-8-20)27(37-30(26)33-18-32-28)21-9-13-23(14-10-21)34-29(35)22-11-15-24(36-3)16-12-22/h4-16,18-19H,17H2,1-3H3,(H,34,35)(H,31,32,33). The molecule has 0 spiro atoms. The van der Waals surface area contributed by atoms with E-state index in [1.807, 2.05) is 42.5 Å². The second kappa shape index (κ2) is 10.5. The van der Waals surface area contributed by atoms with Crippen LogP contribution in [0.5, 0.6) is 5.75 Å². The molecule has 2 heterocycles. The van der Waals surface area contributed by atoms with Crippen LogP contribution < -0.4 is 15.4 Å². The van der Waals surface area contributed by atoms with E-state index in [4.69, 9.17) is 9.15 Å². The van der Waals surface area contributed by atoms with Crippen molar-refractivity contribution in [1.82, 2.24) is 9.97 Å². The zero-order valence-corrected chi connectivity index (χ0v) is 21.0. The first-order valence-corrected chi connectivity index (χ1v) is 12.2. The van der Waals surface area contributed by atoms with E-state index in [1.165, 1.54) is 6.33 Å². The molecule has 0 aliphatic carbocycles. The molecule has 2 N–H and O–H groups in total. The molecule has 2 aromatic heterocycles. The fourth-order valence-corrected chi connectivity index (χ4v) is 4.10. The molecule has 7 heteroatoms. The number of aromatic nitrogens is 2. The van der Waals surface area contributed by atoms with Crippen LogP contribution >= 0.6 is 0 Å². The normalized spacial score (nSPS) is 11.0. The van der Waals surface area contributed by atoms with Gasteiger partial charge in [0.05, 0.1) is 12.5 Å². The second-order valence-corrected chi connectivity index (χ2v) is 9.11. The maximum absolute atomic E-state index is 12.7. The molecular formula is C30H28N4O3. The quantitative estimate of drug-likeness (QED) is 0.245. The van der Waals surface area contributed by atoms with Gasteiger partial charge < -0.3 is 19.8 Å². The van der Waals surface area contributed by atoms with Crippen molar-refractivity contribution >= 4 is 28.5 Å². The molecule has 0 bridgehead atoms. The number of carbonyl (C=O) groups excluding carboxylic acids is 1. The predicted molar refractivity (Wildman–Crippen MR) is 147 cm³/mol. The third-order valence-electron chi connectivity index (χ3n) is 5.99. The van der Waals surface area contributed by atoms with Crippen LogP contribution in [0.4, 0.5) is 11.5 Å². The third-order valence-corrected chi connectivity index (χ3v) is 5.99. The summed E-state index contributed by atoms with van der Waals surface area (Å²) in [5.41, 5.74) is 4.56. The Bertz CT molecular complexity index is 1510. The van der Waals surface area contributed by atoms with Crippen LogP contribution in [0.25, 0.3) is 33.6 Å². The molecular weight excluding hydrogens is 464 g/mol. The fourth-order valence-electron chi connectivity index (χ4n) is 4.10. The van der Waals surface area contributed by atoms with Crippen molar-refractivity contribution in [3.8, 4) is 28.2 Å². The molecule has 0 unspecified atom stereocenters. The van der Waals surface area contributed by atoms with Gasteiger partial charge in [-0.2, -0.15) is 0 Å². The van der Waals surface area contributed by atoms with Crippen LogP contribution in [0.15, 0.2) is 89.6 Å². The number of hydrogen-bond acceptors (Lipinski definition) is 6. The number of nitrogens with zero attached hydrogens (tertiary/aromatic N) is 2. The highest BCUT2D eigenvalue weighted by atomic mass is 16.5. The van der Waals surface area contributed by atoms with E-state index in [1.54, 1.807) is 31.4 Å². The minimum absolute atomic E-state index is 0.194. The monoisotopic (exact) mass is 492 g/mol. The minimum atomic E-state index is -0.194. The molecule has 0 saturated heterocycles. The second-order valence-electron chi connectivity index (χ2n) is 9.11. The Kier molecular flexibility index (Phi) is 6.85. The average molecular weight is 493 g/mol. The van der Waals surface area contributed by atoms with Crippen molar-refractivity contribution in [2.75, 3.05) is 24.3 Å². The molecule has 0 radical (unpaired) electrons. The van der Waals surface area contributed by atoms with E-state index in [-0.39, 0.29) is 5.91 Å². The molecule has 0 fully saturated rings. The van der Waals surface area contributed by atoms with E-state index in [0.717, 1.165) is 34.4 Å². The Morgan fingerprint density at radius 1 is 0.919 bits per heavy atom. The number of nitrogens with one attached hydrogen (secondary N) is 2. The lowest BCUT2D eigenvalue weighted by Crippen LogP contribution is -2.11. The summed E-state index contributed by atoms with van der Waals surface area (Å²) < 4.78 is 11.5. The number of furan rings is 1. The first-order valence-electron chi connectivity index (χ1n) is 12.2. The van der Waals surface area contributed by atoms with E-state index >= 15 is 0 Å². The molecule has 1 amide bonds. The lowest BCUT2D eigenvalue weighted by atomic mass is 9.99. The van der Waals surface area contributed by atoms with Gasteiger partial charge in [-0.05, 0) is 60.0 Å². The summed E-state index contributed by atoms with van der Waals surface area (Å²) >= 11 is 0. The zero-order valence-electron chi connectivity index (χ0n) is 21.0. The largest absolute Gasteiger partial charge is 0.497 e. The van der Waals surface area contributed by atoms with Crippen LogP contribution in [0, 0.1) is 5.92 Å². The number of amides is 1. The van der Waals surface area contributed by atoms with Crippen molar-refractivity contribution in [2.24, 2.45) is 5.92 Å². The van der Waals surface area contributed by atoms with Gasteiger partial charge in [0.2, 0.25) is 5.71 Å². The first kappa shape index (κ1) is 24.1. The minimum Gasteiger partial charge on any atom is -0.497 e. The van der Waals surface area contributed by atoms with Crippen molar-refractivity contribution in [2.45, 2.75) is 13.8 Å². The first-order chi connectivity index (χ1) is 18.0. The molecule has 186 valence electrons. The van der Waals surface area contributed by atoms with Gasteiger partial charge in [0.15, 0.2) is 0 Å². The summed E-state index contributed by atoms with van der Waals surface area (Å²) in [5, 5.41) is 7.24. The number of ether oxygens (including phenoxy) is 1. The van der Waals surface area contributed by atoms with E-state index in [9.17, 15) is 4.79 Å². The lowest BCUT2D eigenvalue weighted by Gasteiger charge is -2.10. The Balaban J connectivity index is 1.50. The van der Waals surface area contributed by atoms with Gasteiger partial charge in [0, 0.05) is 28.9 Å². The highest BCUT2D eigenvalue weighted by Crippen LogP contribution is 2.42.